The second-order valence-electron chi connectivity index (χ2n) is 4.87. The lowest BCUT2D eigenvalue weighted by atomic mass is 10.2. The Morgan fingerprint density at radius 3 is 2.45 bits per heavy atom. The summed E-state index contributed by atoms with van der Waals surface area (Å²) in [6.07, 6.45) is 2.26. The number of hydrogen-bond donors (Lipinski definition) is 2. The van der Waals surface area contributed by atoms with Crippen LogP contribution in [0.3, 0.4) is 0 Å². The van der Waals surface area contributed by atoms with Gasteiger partial charge >= 0.3 is 0 Å². The molecule has 2 N–H and O–H groups in total. The Morgan fingerprint density at radius 1 is 1.18 bits per heavy atom. The summed E-state index contributed by atoms with van der Waals surface area (Å²) < 4.78 is 0. The molecule has 2 rings (SSSR count). The number of nitrogens with one attached hydrogen (secondary N) is 2. The molecule has 1 amide bonds. The van der Waals surface area contributed by atoms with E-state index >= 15 is 0 Å². The van der Waals surface area contributed by atoms with E-state index in [0.717, 1.165) is 25.9 Å². The van der Waals surface area contributed by atoms with E-state index in [1.54, 1.807) is 36.4 Å². The van der Waals surface area contributed by atoms with Crippen LogP contribution in [0.15, 0.2) is 29.4 Å². The number of rotatable bonds is 5. The lowest BCUT2D eigenvalue weighted by Gasteiger charge is -2.15. The molecule has 0 unspecified atom stereocenters. The summed E-state index contributed by atoms with van der Waals surface area (Å²) >= 11 is 0. The molecule has 0 aromatic heterocycles. The Bertz CT molecular complexity index is 633. The van der Waals surface area contributed by atoms with Gasteiger partial charge in [0.25, 0.3) is 0 Å². The summed E-state index contributed by atoms with van der Waals surface area (Å²) in [7, 11) is 0. The van der Waals surface area contributed by atoms with Crippen LogP contribution >= 0.6 is 0 Å². The largest absolute Gasteiger partial charge is 0.323 e. The molecule has 0 atom stereocenters. The molecule has 7 nitrogen and oxygen atoms in total. The highest BCUT2D eigenvalue weighted by Gasteiger charge is 2.15. The van der Waals surface area contributed by atoms with E-state index in [1.165, 1.54) is 0 Å². The number of amides is 1. The molecule has 112 valence electrons. The zero-order chi connectivity index (χ0) is 15.8. The number of anilines is 2. The number of hydrogen-bond acceptors (Lipinski definition) is 6. The number of carbonyl (C=O) groups excluding carboxylic acids is 1. The van der Waals surface area contributed by atoms with Crippen molar-refractivity contribution in [3.05, 3.63) is 24.3 Å². The number of carbonyl (C=O) groups is 1. The molecule has 0 radical (unpaired) electrons. The molecule has 7 heteroatoms. The van der Waals surface area contributed by atoms with Gasteiger partial charge in [0, 0.05) is 0 Å². The molecular weight excluding hydrogens is 280 g/mol. The first-order valence-electron chi connectivity index (χ1n) is 6.98. The molecular formula is C15H16N6O. The van der Waals surface area contributed by atoms with E-state index in [1.807, 2.05) is 0 Å². The molecule has 0 saturated carbocycles. The van der Waals surface area contributed by atoms with Crippen LogP contribution < -0.4 is 10.7 Å². The molecule has 0 aliphatic carbocycles. The third kappa shape index (κ3) is 4.30. The third-order valence-corrected chi connectivity index (χ3v) is 3.27. The molecule has 22 heavy (non-hydrogen) atoms. The van der Waals surface area contributed by atoms with E-state index in [4.69, 9.17) is 10.5 Å². The number of nitrogens with zero attached hydrogens (tertiary/aromatic N) is 4. The van der Waals surface area contributed by atoms with Gasteiger partial charge in [-0.1, -0.05) is 12.1 Å². The summed E-state index contributed by atoms with van der Waals surface area (Å²) in [4.78, 5) is 14.2. The van der Waals surface area contributed by atoms with Crippen molar-refractivity contribution in [2.24, 2.45) is 5.10 Å². The molecule has 1 saturated heterocycles. The van der Waals surface area contributed by atoms with Crippen molar-refractivity contribution in [3.63, 3.8) is 0 Å². The van der Waals surface area contributed by atoms with Gasteiger partial charge < -0.3 is 5.32 Å². The Balaban J connectivity index is 2.02. The molecule has 1 aromatic rings. The fourth-order valence-electron chi connectivity index (χ4n) is 2.21. The Kier molecular flexibility index (Phi) is 5.47. The molecule has 1 aliphatic rings. The molecule has 0 bridgehead atoms. The first kappa shape index (κ1) is 15.5. The normalized spacial score (nSPS) is 13.7. The highest BCUT2D eigenvalue weighted by Crippen LogP contribution is 2.21. The predicted molar refractivity (Wildman–Crippen MR) is 83.0 cm³/mol. The first-order valence-corrected chi connectivity index (χ1v) is 6.98. The maximum Gasteiger partial charge on any atom is 0.238 e. The van der Waals surface area contributed by atoms with E-state index < -0.39 is 0 Å². The lowest BCUT2D eigenvalue weighted by molar-refractivity contribution is -0.117. The van der Waals surface area contributed by atoms with E-state index in [-0.39, 0.29) is 11.6 Å². The van der Waals surface area contributed by atoms with E-state index in [0.29, 0.717) is 17.9 Å². The van der Waals surface area contributed by atoms with Crippen molar-refractivity contribution in [1.29, 1.82) is 10.5 Å². The minimum absolute atomic E-state index is 0.0964. The van der Waals surface area contributed by atoms with Crippen LogP contribution in [0.1, 0.15) is 12.8 Å². The second kappa shape index (κ2) is 7.77. The SMILES string of the molecule is N#CC(C#N)=NNc1ccccc1NC(=O)CN1CCCC1. The summed E-state index contributed by atoms with van der Waals surface area (Å²) in [6.45, 7) is 2.26. The zero-order valence-corrected chi connectivity index (χ0v) is 12.0. The van der Waals surface area contributed by atoms with Crippen LogP contribution in [-0.2, 0) is 4.79 Å². The van der Waals surface area contributed by atoms with Crippen molar-refractivity contribution in [2.45, 2.75) is 12.8 Å². The van der Waals surface area contributed by atoms with Crippen molar-refractivity contribution in [3.8, 4) is 12.1 Å². The molecule has 1 aromatic carbocycles. The summed E-state index contributed by atoms with van der Waals surface area (Å²) in [5.74, 6) is -0.0964. The monoisotopic (exact) mass is 296 g/mol. The van der Waals surface area contributed by atoms with Crippen LogP contribution in [0.2, 0.25) is 0 Å². The number of hydrazone groups is 1. The maximum atomic E-state index is 12.1. The number of nitriles is 2. The van der Waals surface area contributed by atoms with Crippen molar-refractivity contribution >= 4 is 23.0 Å². The highest BCUT2D eigenvalue weighted by molar-refractivity contribution is 6.10. The Labute approximate surface area is 128 Å². The van der Waals surface area contributed by atoms with Gasteiger partial charge in [-0.25, -0.2) is 0 Å². The van der Waals surface area contributed by atoms with Gasteiger partial charge in [-0.15, -0.1) is 0 Å². The molecule has 1 heterocycles. The standard InChI is InChI=1S/C15H16N6O/c16-9-12(10-17)19-20-14-6-2-1-5-13(14)18-15(22)11-21-7-3-4-8-21/h1-2,5-6,20H,3-4,7-8,11H2,(H,18,22). The summed E-state index contributed by atoms with van der Waals surface area (Å²) in [5, 5.41) is 23.8. The van der Waals surface area contributed by atoms with Gasteiger partial charge in [-0.3, -0.25) is 15.1 Å². The number of likely N-dealkylation sites (tertiary alicyclic amines) is 1. The Hall–Kier alpha value is -2.90. The first-order chi connectivity index (χ1) is 10.7. The number of benzene rings is 1. The average Bonchev–Trinajstić information content (AvgIpc) is 3.02. The number of para-hydroxylation sites is 2. The minimum Gasteiger partial charge on any atom is -0.323 e. The Morgan fingerprint density at radius 2 is 1.82 bits per heavy atom. The lowest BCUT2D eigenvalue weighted by Crippen LogP contribution is -2.31. The summed E-state index contributed by atoms with van der Waals surface area (Å²) in [5.41, 5.74) is 3.44. The van der Waals surface area contributed by atoms with Crippen molar-refractivity contribution < 1.29 is 4.79 Å². The molecule has 1 fully saturated rings. The van der Waals surface area contributed by atoms with Gasteiger partial charge in [0.2, 0.25) is 11.6 Å². The van der Waals surface area contributed by atoms with Crippen LogP contribution in [0, 0.1) is 22.7 Å². The van der Waals surface area contributed by atoms with Crippen LogP contribution in [-0.4, -0.2) is 36.2 Å². The topological polar surface area (TPSA) is 104 Å². The third-order valence-electron chi connectivity index (χ3n) is 3.27. The van der Waals surface area contributed by atoms with Gasteiger partial charge in [0.15, 0.2) is 0 Å². The second-order valence-corrected chi connectivity index (χ2v) is 4.87. The fourth-order valence-corrected chi connectivity index (χ4v) is 2.21. The zero-order valence-electron chi connectivity index (χ0n) is 12.0. The summed E-state index contributed by atoms with van der Waals surface area (Å²) in [6, 6.07) is 10.3. The van der Waals surface area contributed by atoms with Gasteiger partial charge in [-0.2, -0.15) is 15.6 Å². The quantitative estimate of drug-likeness (QED) is 0.633. The molecule has 0 spiro atoms. The van der Waals surface area contributed by atoms with Gasteiger partial charge in [-0.05, 0) is 38.1 Å². The van der Waals surface area contributed by atoms with Crippen LogP contribution in [0.25, 0.3) is 0 Å². The van der Waals surface area contributed by atoms with Crippen LogP contribution in [0.4, 0.5) is 11.4 Å². The van der Waals surface area contributed by atoms with Crippen LogP contribution in [0.5, 0.6) is 0 Å². The van der Waals surface area contributed by atoms with Gasteiger partial charge in [0.1, 0.15) is 12.1 Å². The minimum atomic E-state index is -0.279. The predicted octanol–water partition coefficient (Wildman–Crippen LogP) is 1.54. The maximum absolute atomic E-state index is 12.1. The van der Waals surface area contributed by atoms with Gasteiger partial charge in [0.05, 0.1) is 17.9 Å². The van der Waals surface area contributed by atoms with E-state index in [9.17, 15) is 4.79 Å². The van der Waals surface area contributed by atoms with E-state index in [2.05, 4.69) is 20.7 Å². The van der Waals surface area contributed by atoms with Crippen molar-refractivity contribution in [2.75, 3.05) is 30.4 Å². The van der Waals surface area contributed by atoms with Crippen molar-refractivity contribution in [1.82, 2.24) is 4.90 Å². The molecule has 1 aliphatic heterocycles. The average molecular weight is 296 g/mol. The fraction of sp³-hybridized carbons (Fsp3) is 0.333. The highest BCUT2D eigenvalue weighted by atomic mass is 16.2. The smallest absolute Gasteiger partial charge is 0.238 e.